The fraction of sp³-hybridized carbons (Fsp3) is 0.333. The van der Waals surface area contributed by atoms with Crippen LogP contribution in [0.1, 0.15) is 23.7 Å². The molecule has 1 saturated heterocycles. The molecule has 0 radical (unpaired) electrons. The average molecular weight is 368 g/mol. The van der Waals surface area contributed by atoms with Crippen molar-refractivity contribution in [2.45, 2.75) is 19.4 Å². The van der Waals surface area contributed by atoms with E-state index in [-0.39, 0.29) is 24.3 Å². The molecular weight excluding hydrogens is 344 g/mol. The van der Waals surface area contributed by atoms with E-state index in [1.165, 1.54) is 0 Å². The first-order valence-electron chi connectivity index (χ1n) is 9.10. The summed E-state index contributed by atoms with van der Waals surface area (Å²) in [5, 5.41) is 2.82. The Balaban J connectivity index is 1.48. The highest BCUT2D eigenvalue weighted by Crippen LogP contribution is 2.15. The second-order valence-electron chi connectivity index (χ2n) is 6.46. The first-order valence-corrected chi connectivity index (χ1v) is 9.10. The molecule has 0 spiro atoms. The summed E-state index contributed by atoms with van der Waals surface area (Å²) in [5.74, 6) is 0.595. The average Bonchev–Trinajstić information content (AvgIpc) is 2.69. The van der Waals surface area contributed by atoms with E-state index in [1.807, 2.05) is 42.2 Å². The predicted octanol–water partition coefficient (Wildman–Crippen LogP) is 2.96. The van der Waals surface area contributed by atoms with Crippen molar-refractivity contribution in [3.05, 3.63) is 60.2 Å². The Labute approximate surface area is 159 Å². The number of amides is 2. The number of nitrogens with one attached hydrogen (secondary N) is 1. The Morgan fingerprint density at radius 1 is 1.15 bits per heavy atom. The minimum absolute atomic E-state index is 0.0139. The predicted molar refractivity (Wildman–Crippen MR) is 103 cm³/mol. The van der Waals surface area contributed by atoms with Gasteiger partial charge < -0.3 is 19.7 Å². The zero-order valence-electron chi connectivity index (χ0n) is 15.4. The van der Waals surface area contributed by atoms with Crippen molar-refractivity contribution in [2.75, 3.05) is 31.7 Å². The standard InChI is InChI=1S/C21H24N2O4/c1-16-15-26-14-12-23(16)21(25)17-7-9-18(10-8-17)22-20(24)11-13-27-19-5-3-2-4-6-19/h2-10,16H,11-15H2,1H3,(H,22,24). The molecule has 2 aromatic rings. The van der Waals surface area contributed by atoms with Gasteiger partial charge in [0, 0.05) is 17.8 Å². The van der Waals surface area contributed by atoms with Crippen LogP contribution in [0.4, 0.5) is 5.69 Å². The third kappa shape index (κ3) is 5.31. The first-order chi connectivity index (χ1) is 13.1. The lowest BCUT2D eigenvalue weighted by atomic mass is 10.1. The van der Waals surface area contributed by atoms with Gasteiger partial charge in [0.05, 0.1) is 32.3 Å². The number of rotatable bonds is 6. The Morgan fingerprint density at radius 2 is 1.89 bits per heavy atom. The fourth-order valence-electron chi connectivity index (χ4n) is 2.89. The number of carbonyl (C=O) groups is 2. The summed E-state index contributed by atoms with van der Waals surface area (Å²) >= 11 is 0. The van der Waals surface area contributed by atoms with Crippen molar-refractivity contribution in [2.24, 2.45) is 0 Å². The smallest absolute Gasteiger partial charge is 0.254 e. The van der Waals surface area contributed by atoms with Crippen LogP contribution < -0.4 is 10.1 Å². The molecule has 1 unspecified atom stereocenters. The number of para-hydroxylation sites is 1. The second-order valence-corrected chi connectivity index (χ2v) is 6.46. The van der Waals surface area contributed by atoms with Gasteiger partial charge in [-0.1, -0.05) is 18.2 Å². The lowest BCUT2D eigenvalue weighted by Gasteiger charge is -2.33. The summed E-state index contributed by atoms with van der Waals surface area (Å²) in [7, 11) is 0. The van der Waals surface area contributed by atoms with Crippen LogP contribution >= 0.6 is 0 Å². The number of hydrogen-bond donors (Lipinski definition) is 1. The van der Waals surface area contributed by atoms with Crippen LogP contribution in [0.25, 0.3) is 0 Å². The molecule has 1 aliphatic rings. The normalized spacial score (nSPS) is 16.6. The molecule has 0 aliphatic carbocycles. The number of hydrogen-bond acceptors (Lipinski definition) is 4. The minimum atomic E-state index is -0.133. The molecule has 1 aliphatic heterocycles. The van der Waals surface area contributed by atoms with Crippen molar-refractivity contribution in [1.82, 2.24) is 4.90 Å². The Hall–Kier alpha value is -2.86. The van der Waals surface area contributed by atoms with Gasteiger partial charge in [-0.15, -0.1) is 0 Å². The molecule has 0 saturated carbocycles. The molecule has 6 heteroatoms. The molecule has 2 aromatic carbocycles. The van der Waals surface area contributed by atoms with Crippen LogP contribution in [0.2, 0.25) is 0 Å². The number of carbonyl (C=O) groups excluding carboxylic acids is 2. The molecule has 27 heavy (non-hydrogen) atoms. The number of benzene rings is 2. The van der Waals surface area contributed by atoms with Gasteiger partial charge in [0.2, 0.25) is 5.91 Å². The van der Waals surface area contributed by atoms with E-state index in [0.29, 0.717) is 37.6 Å². The van der Waals surface area contributed by atoms with Gasteiger partial charge in [0.25, 0.3) is 5.91 Å². The summed E-state index contributed by atoms with van der Waals surface area (Å²) in [4.78, 5) is 26.4. The maximum absolute atomic E-state index is 12.6. The van der Waals surface area contributed by atoms with E-state index in [4.69, 9.17) is 9.47 Å². The van der Waals surface area contributed by atoms with Crippen molar-refractivity contribution in [3.63, 3.8) is 0 Å². The fourth-order valence-corrected chi connectivity index (χ4v) is 2.89. The third-order valence-corrected chi connectivity index (χ3v) is 4.39. The van der Waals surface area contributed by atoms with Crippen molar-refractivity contribution in [3.8, 4) is 5.75 Å². The monoisotopic (exact) mass is 368 g/mol. The van der Waals surface area contributed by atoms with Crippen LogP contribution in [0, 0.1) is 0 Å². The summed E-state index contributed by atoms with van der Waals surface area (Å²) in [5.41, 5.74) is 1.26. The Bertz CT molecular complexity index is 762. The van der Waals surface area contributed by atoms with Crippen molar-refractivity contribution in [1.29, 1.82) is 0 Å². The van der Waals surface area contributed by atoms with Gasteiger partial charge in [-0.2, -0.15) is 0 Å². The SMILES string of the molecule is CC1COCCN1C(=O)c1ccc(NC(=O)CCOc2ccccc2)cc1. The molecule has 142 valence electrons. The summed E-state index contributed by atoms with van der Waals surface area (Å²) in [6, 6.07) is 16.4. The van der Waals surface area contributed by atoms with Gasteiger partial charge >= 0.3 is 0 Å². The quantitative estimate of drug-likeness (QED) is 0.851. The highest BCUT2D eigenvalue weighted by molar-refractivity contribution is 5.96. The molecule has 3 rings (SSSR count). The van der Waals surface area contributed by atoms with Crippen LogP contribution in [-0.4, -0.2) is 49.1 Å². The van der Waals surface area contributed by atoms with Gasteiger partial charge in [0.15, 0.2) is 0 Å². The van der Waals surface area contributed by atoms with Gasteiger partial charge in [0.1, 0.15) is 5.75 Å². The maximum Gasteiger partial charge on any atom is 0.254 e. The highest BCUT2D eigenvalue weighted by atomic mass is 16.5. The first kappa shape index (κ1) is 18.9. The maximum atomic E-state index is 12.6. The molecule has 0 aromatic heterocycles. The van der Waals surface area contributed by atoms with E-state index in [0.717, 1.165) is 5.75 Å². The molecule has 2 amide bonds. The molecule has 1 fully saturated rings. The topological polar surface area (TPSA) is 67.9 Å². The van der Waals surface area contributed by atoms with Crippen LogP contribution in [0.15, 0.2) is 54.6 Å². The summed E-state index contributed by atoms with van der Waals surface area (Å²) in [6.45, 7) is 4.00. The number of ether oxygens (including phenoxy) is 2. The molecule has 1 N–H and O–H groups in total. The Morgan fingerprint density at radius 3 is 2.59 bits per heavy atom. The summed E-state index contributed by atoms with van der Waals surface area (Å²) < 4.78 is 10.9. The molecule has 1 heterocycles. The molecule has 6 nitrogen and oxygen atoms in total. The Kier molecular flexibility index (Phi) is 6.44. The van der Waals surface area contributed by atoms with E-state index < -0.39 is 0 Å². The van der Waals surface area contributed by atoms with E-state index in [1.54, 1.807) is 24.3 Å². The zero-order valence-corrected chi connectivity index (χ0v) is 15.4. The van der Waals surface area contributed by atoms with Crippen LogP contribution in [0.5, 0.6) is 5.75 Å². The van der Waals surface area contributed by atoms with Crippen molar-refractivity contribution >= 4 is 17.5 Å². The molecule has 0 bridgehead atoms. The largest absolute Gasteiger partial charge is 0.493 e. The van der Waals surface area contributed by atoms with E-state index in [2.05, 4.69) is 5.32 Å². The summed E-state index contributed by atoms with van der Waals surface area (Å²) in [6.07, 6.45) is 0.251. The van der Waals surface area contributed by atoms with Gasteiger partial charge in [-0.3, -0.25) is 9.59 Å². The third-order valence-electron chi connectivity index (χ3n) is 4.39. The van der Waals surface area contributed by atoms with E-state index in [9.17, 15) is 9.59 Å². The van der Waals surface area contributed by atoms with Crippen LogP contribution in [-0.2, 0) is 9.53 Å². The lowest BCUT2D eigenvalue weighted by molar-refractivity contribution is -0.116. The second kappa shape index (κ2) is 9.19. The molecular formula is C21H24N2O4. The van der Waals surface area contributed by atoms with Gasteiger partial charge in [-0.25, -0.2) is 0 Å². The lowest BCUT2D eigenvalue weighted by Crippen LogP contribution is -2.47. The number of anilines is 1. The van der Waals surface area contributed by atoms with Gasteiger partial charge in [-0.05, 0) is 43.3 Å². The minimum Gasteiger partial charge on any atom is -0.493 e. The highest BCUT2D eigenvalue weighted by Gasteiger charge is 2.24. The van der Waals surface area contributed by atoms with Crippen molar-refractivity contribution < 1.29 is 19.1 Å². The van der Waals surface area contributed by atoms with Crippen LogP contribution in [0.3, 0.4) is 0 Å². The zero-order chi connectivity index (χ0) is 19.1. The molecule has 1 atom stereocenters. The number of nitrogens with zero attached hydrogens (tertiary/aromatic N) is 1. The van der Waals surface area contributed by atoms with E-state index >= 15 is 0 Å². The number of morpholine rings is 1.